The van der Waals surface area contributed by atoms with Crippen molar-refractivity contribution in [1.82, 2.24) is 0 Å². The van der Waals surface area contributed by atoms with Crippen LogP contribution in [0.1, 0.15) is 43.1 Å². The van der Waals surface area contributed by atoms with Gasteiger partial charge in [0.25, 0.3) is 0 Å². The van der Waals surface area contributed by atoms with Gasteiger partial charge >= 0.3 is 5.97 Å². The molecule has 0 heterocycles. The van der Waals surface area contributed by atoms with Gasteiger partial charge in [-0.25, -0.2) is 4.79 Å². The van der Waals surface area contributed by atoms with Crippen LogP contribution in [-0.2, 0) is 9.16 Å². The fourth-order valence-corrected chi connectivity index (χ4v) is 2.83. The lowest BCUT2D eigenvalue weighted by molar-refractivity contribution is 0.0597. The topological polar surface area (TPSA) is 44.8 Å². The maximum Gasteiger partial charge on any atom is 0.341 e. The zero-order valence-corrected chi connectivity index (χ0v) is 16.8. The minimum absolute atomic E-state index is 0.206. The molecule has 4 nitrogen and oxygen atoms in total. The summed E-state index contributed by atoms with van der Waals surface area (Å²) < 4.78 is 16.0. The van der Waals surface area contributed by atoms with Crippen molar-refractivity contribution in [2.45, 2.75) is 45.3 Å². The molecule has 132 valence electrons. The van der Waals surface area contributed by atoms with E-state index in [1.54, 1.807) is 18.2 Å². The van der Waals surface area contributed by atoms with Gasteiger partial charge in [-0.1, -0.05) is 32.6 Å². The molecule has 5 heteroatoms. The summed E-state index contributed by atoms with van der Waals surface area (Å²) in [5.74, 6) is 6.24. The number of benzene rings is 1. The van der Waals surface area contributed by atoms with Crippen LogP contribution in [0.15, 0.2) is 18.2 Å². The first-order valence-electron chi connectivity index (χ1n) is 8.01. The molecule has 0 aliphatic heterocycles. The van der Waals surface area contributed by atoms with Gasteiger partial charge < -0.3 is 13.9 Å². The second-order valence-corrected chi connectivity index (χ2v) is 11.9. The lowest BCUT2D eigenvalue weighted by Crippen LogP contribution is -2.40. The van der Waals surface area contributed by atoms with E-state index in [9.17, 15) is 4.79 Å². The van der Waals surface area contributed by atoms with E-state index in [-0.39, 0.29) is 5.04 Å². The molecule has 0 aromatic heterocycles. The number of rotatable bonds is 5. The number of ether oxygens (including phenoxy) is 2. The Balaban J connectivity index is 2.69. The van der Waals surface area contributed by atoms with Crippen molar-refractivity contribution in [2.75, 3.05) is 20.8 Å². The standard InChI is InChI=1S/C19H28O4Si/c1-19(2,3)24(6,7)23-13-9-8-10-15-11-12-16(18(20)22-5)17(14-15)21-4/h11-12,14H,9,13H2,1-7H3. The first-order valence-corrected chi connectivity index (χ1v) is 10.9. The molecular formula is C19H28O4Si. The second-order valence-electron chi connectivity index (χ2n) is 7.07. The molecule has 1 aromatic carbocycles. The molecule has 0 bridgehead atoms. The highest BCUT2D eigenvalue weighted by Crippen LogP contribution is 2.36. The van der Waals surface area contributed by atoms with Gasteiger partial charge in [-0.2, -0.15) is 0 Å². The number of carbonyl (C=O) groups excluding carboxylic acids is 1. The molecule has 0 atom stereocenters. The van der Waals surface area contributed by atoms with Crippen molar-refractivity contribution in [3.63, 3.8) is 0 Å². The lowest BCUT2D eigenvalue weighted by atomic mass is 10.1. The summed E-state index contributed by atoms with van der Waals surface area (Å²) in [6.45, 7) is 11.8. The van der Waals surface area contributed by atoms with E-state index < -0.39 is 14.3 Å². The van der Waals surface area contributed by atoms with E-state index in [1.165, 1.54) is 14.2 Å². The smallest absolute Gasteiger partial charge is 0.341 e. The highest BCUT2D eigenvalue weighted by Gasteiger charge is 2.36. The average Bonchev–Trinajstić information content (AvgIpc) is 2.52. The molecule has 0 N–H and O–H groups in total. The summed E-state index contributed by atoms with van der Waals surface area (Å²) in [6.07, 6.45) is 0.674. The fourth-order valence-electron chi connectivity index (χ4n) is 1.79. The zero-order valence-electron chi connectivity index (χ0n) is 15.8. The van der Waals surface area contributed by atoms with Gasteiger partial charge in [0.2, 0.25) is 0 Å². The number of hydrogen-bond acceptors (Lipinski definition) is 4. The number of carbonyl (C=O) groups is 1. The molecule has 0 spiro atoms. The van der Waals surface area contributed by atoms with E-state index in [1.807, 2.05) is 0 Å². The van der Waals surface area contributed by atoms with Crippen molar-refractivity contribution in [2.24, 2.45) is 0 Å². The first-order chi connectivity index (χ1) is 11.1. The molecule has 0 radical (unpaired) electrons. The third kappa shape index (κ3) is 5.40. The van der Waals surface area contributed by atoms with Crippen molar-refractivity contribution < 1.29 is 18.7 Å². The van der Waals surface area contributed by atoms with Crippen molar-refractivity contribution in [1.29, 1.82) is 0 Å². The molecule has 0 amide bonds. The highest BCUT2D eigenvalue weighted by atomic mass is 28.4. The Bertz CT molecular complexity index is 633. The van der Waals surface area contributed by atoms with Crippen LogP contribution in [0.4, 0.5) is 0 Å². The number of methoxy groups -OCH3 is 2. The predicted octanol–water partition coefficient (Wildman–Crippen LogP) is 4.25. The van der Waals surface area contributed by atoms with E-state index in [0.717, 1.165) is 5.56 Å². The van der Waals surface area contributed by atoms with Gasteiger partial charge in [0.1, 0.15) is 11.3 Å². The largest absolute Gasteiger partial charge is 0.496 e. The molecule has 0 saturated carbocycles. The zero-order chi connectivity index (χ0) is 18.4. The van der Waals surface area contributed by atoms with Gasteiger partial charge in [0.15, 0.2) is 8.32 Å². The van der Waals surface area contributed by atoms with Crippen LogP contribution >= 0.6 is 0 Å². The maximum atomic E-state index is 11.6. The maximum absolute atomic E-state index is 11.6. The quantitative estimate of drug-likeness (QED) is 0.345. The van der Waals surface area contributed by atoms with Gasteiger partial charge in [-0.05, 0) is 36.3 Å². The molecule has 0 aliphatic rings. The van der Waals surface area contributed by atoms with Crippen LogP contribution in [0.3, 0.4) is 0 Å². The minimum Gasteiger partial charge on any atom is -0.496 e. The summed E-state index contributed by atoms with van der Waals surface area (Å²) in [5.41, 5.74) is 1.19. The summed E-state index contributed by atoms with van der Waals surface area (Å²) >= 11 is 0. The molecule has 0 unspecified atom stereocenters. The first kappa shape index (κ1) is 20.3. The molecule has 0 fully saturated rings. The van der Waals surface area contributed by atoms with Crippen LogP contribution in [0.5, 0.6) is 5.75 Å². The normalized spacial score (nSPS) is 11.5. The van der Waals surface area contributed by atoms with Crippen molar-refractivity contribution in [3.05, 3.63) is 29.3 Å². The van der Waals surface area contributed by atoms with Crippen LogP contribution in [0.2, 0.25) is 18.1 Å². The SMILES string of the molecule is COC(=O)c1ccc(C#CCCO[Si](C)(C)C(C)(C)C)cc1OC. The fraction of sp³-hybridized carbons (Fsp3) is 0.526. The summed E-state index contributed by atoms with van der Waals surface area (Å²) in [7, 11) is 1.15. The van der Waals surface area contributed by atoms with Crippen molar-refractivity contribution in [3.8, 4) is 17.6 Å². The van der Waals surface area contributed by atoms with Crippen LogP contribution < -0.4 is 4.74 Å². The van der Waals surface area contributed by atoms with E-state index in [2.05, 4.69) is 45.7 Å². The number of esters is 1. The predicted molar refractivity (Wildman–Crippen MR) is 99.0 cm³/mol. The Labute approximate surface area is 146 Å². The number of hydrogen-bond donors (Lipinski definition) is 0. The second kappa shape index (κ2) is 8.36. The Hall–Kier alpha value is -1.77. The third-order valence-electron chi connectivity index (χ3n) is 4.34. The van der Waals surface area contributed by atoms with Crippen LogP contribution in [-0.4, -0.2) is 35.1 Å². The summed E-state index contributed by atoms with van der Waals surface area (Å²) in [4.78, 5) is 11.6. The molecular weight excluding hydrogens is 320 g/mol. The van der Waals surface area contributed by atoms with Gasteiger partial charge in [-0.15, -0.1) is 0 Å². The Morgan fingerprint density at radius 2 is 1.88 bits per heavy atom. The molecule has 1 aromatic rings. The van der Waals surface area contributed by atoms with E-state index in [0.29, 0.717) is 24.3 Å². The third-order valence-corrected chi connectivity index (χ3v) is 8.87. The van der Waals surface area contributed by atoms with Crippen molar-refractivity contribution >= 4 is 14.3 Å². The lowest BCUT2D eigenvalue weighted by Gasteiger charge is -2.35. The van der Waals surface area contributed by atoms with Gasteiger partial charge in [-0.3, -0.25) is 0 Å². The Morgan fingerprint density at radius 1 is 1.21 bits per heavy atom. The molecule has 0 aliphatic carbocycles. The molecule has 24 heavy (non-hydrogen) atoms. The highest BCUT2D eigenvalue weighted by molar-refractivity contribution is 6.74. The van der Waals surface area contributed by atoms with E-state index >= 15 is 0 Å². The van der Waals surface area contributed by atoms with Crippen LogP contribution in [0.25, 0.3) is 0 Å². The minimum atomic E-state index is -1.71. The monoisotopic (exact) mass is 348 g/mol. The Morgan fingerprint density at radius 3 is 2.42 bits per heavy atom. The summed E-state index contributed by atoms with van der Waals surface area (Å²) in [5, 5.41) is 0.206. The van der Waals surface area contributed by atoms with Crippen LogP contribution in [0, 0.1) is 11.8 Å². The summed E-state index contributed by atoms with van der Waals surface area (Å²) in [6, 6.07) is 5.20. The average molecular weight is 349 g/mol. The molecule has 0 saturated heterocycles. The van der Waals surface area contributed by atoms with Gasteiger partial charge in [0.05, 0.1) is 14.2 Å². The van der Waals surface area contributed by atoms with Gasteiger partial charge in [0, 0.05) is 18.6 Å². The molecule has 1 rings (SSSR count). The van der Waals surface area contributed by atoms with E-state index in [4.69, 9.17) is 13.9 Å². The Kier molecular flexibility index (Phi) is 7.06.